The molecule has 78 valence electrons. The molecule has 0 heterocycles. The van der Waals surface area contributed by atoms with Gasteiger partial charge in [-0.1, -0.05) is 38.1 Å². The summed E-state index contributed by atoms with van der Waals surface area (Å²) < 4.78 is 5.12. The highest BCUT2D eigenvalue weighted by Crippen LogP contribution is 2.18. The second kappa shape index (κ2) is 7.27. The molecule has 1 aromatic carbocycles. The monoisotopic (exact) mass is 194 g/mol. The van der Waals surface area contributed by atoms with Gasteiger partial charge in [-0.05, 0) is 12.5 Å². The molecule has 1 unspecified atom stereocenters. The van der Waals surface area contributed by atoms with Gasteiger partial charge in [0.2, 0.25) is 0 Å². The lowest BCUT2D eigenvalue weighted by Gasteiger charge is -2.11. The molecule has 0 bridgehead atoms. The lowest BCUT2D eigenvalue weighted by Crippen LogP contribution is -1.99. The van der Waals surface area contributed by atoms with Crippen LogP contribution in [0.2, 0.25) is 0 Å². The van der Waals surface area contributed by atoms with Crippen molar-refractivity contribution in [2.45, 2.75) is 26.9 Å². The van der Waals surface area contributed by atoms with Gasteiger partial charge in [0, 0.05) is 12.7 Å². The van der Waals surface area contributed by atoms with Crippen molar-refractivity contribution < 1.29 is 9.53 Å². The molecule has 14 heavy (non-hydrogen) atoms. The van der Waals surface area contributed by atoms with Crippen LogP contribution in [0.3, 0.4) is 0 Å². The first-order valence-electron chi connectivity index (χ1n) is 4.86. The van der Waals surface area contributed by atoms with E-state index in [4.69, 9.17) is 4.74 Å². The Labute approximate surface area is 85.9 Å². The normalized spacial score (nSPS) is 11.1. The van der Waals surface area contributed by atoms with E-state index in [0.717, 1.165) is 11.8 Å². The summed E-state index contributed by atoms with van der Waals surface area (Å²) in [7, 11) is 1.63. The minimum absolute atomic E-state index is 0.0219. The summed E-state index contributed by atoms with van der Waals surface area (Å²) >= 11 is 0. The smallest absolute Gasteiger partial charge is 0.150 e. The average molecular weight is 194 g/mol. The third-order valence-corrected chi connectivity index (χ3v) is 1.91. The van der Waals surface area contributed by atoms with E-state index in [9.17, 15) is 4.79 Å². The first kappa shape index (κ1) is 12.8. The third kappa shape index (κ3) is 3.30. The Morgan fingerprint density at radius 3 is 2.36 bits per heavy atom. The lowest BCUT2D eigenvalue weighted by atomic mass is 10.0. The van der Waals surface area contributed by atoms with E-state index in [1.807, 2.05) is 39.0 Å². The zero-order chi connectivity index (χ0) is 11.0. The molecule has 0 aliphatic heterocycles. The maximum Gasteiger partial charge on any atom is 0.150 e. The summed E-state index contributed by atoms with van der Waals surface area (Å²) in [6.45, 7) is 5.92. The summed E-state index contributed by atoms with van der Waals surface area (Å²) in [6, 6.07) is 7.43. The Morgan fingerprint density at radius 2 is 1.86 bits per heavy atom. The molecule has 0 spiro atoms. The molecule has 0 saturated heterocycles. The maximum absolute atomic E-state index is 10.6. The van der Waals surface area contributed by atoms with Crippen molar-refractivity contribution >= 4 is 6.29 Å². The Bertz CT molecular complexity index is 269. The van der Waals surface area contributed by atoms with Crippen LogP contribution < -0.4 is 0 Å². The van der Waals surface area contributed by atoms with Gasteiger partial charge in [0.05, 0.1) is 6.10 Å². The van der Waals surface area contributed by atoms with Gasteiger partial charge in [0.25, 0.3) is 0 Å². The molecule has 1 atom stereocenters. The van der Waals surface area contributed by atoms with Gasteiger partial charge >= 0.3 is 0 Å². The van der Waals surface area contributed by atoms with E-state index in [0.29, 0.717) is 5.56 Å². The molecule has 0 N–H and O–H groups in total. The van der Waals surface area contributed by atoms with Gasteiger partial charge in [-0.3, -0.25) is 4.79 Å². The van der Waals surface area contributed by atoms with Crippen molar-refractivity contribution in [2.24, 2.45) is 0 Å². The average Bonchev–Trinajstić information content (AvgIpc) is 2.30. The first-order valence-corrected chi connectivity index (χ1v) is 4.86. The van der Waals surface area contributed by atoms with Crippen LogP contribution in [-0.4, -0.2) is 13.4 Å². The molecule has 0 aliphatic rings. The van der Waals surface area contributed by atoms with Gasteiger partial charge in [-0.2, -0.15) is 0 Å². The summed E-state index contributed by atoms with van der Waals surface area (Å²) in [6.07, 6.45) is 0.830. The fourth-order valence-corrected chi connectivity index (χ4v) is 1.12. The number of ether oxygens (including phenoxy) is 1. The van der Waals surface area contributed by atoms with Crippen molar-refractivity contribution in [3.05, 3.63) is 35.4 Å². The summed E-state index contributed by atoms with van der Waals surface area (Å²) in [4.78, 5) is 10.6. The molecule has 2 heteroatoms. The van der Waals surface area contributed by atoms with E-state index >= 15 is 0 Å². The van der Waals surface area contributed by atoms with Crippen molar-refractivity contribution in [1.29, 1.82) is 0 Å². The number of carbonyl (C=O) groups is 1. The predicted octanol–water partition coefficient (Wildman–Crippen LogP) is 3.23. The van der Waals surface area contributed by atoms with E-state index in [1.54, 1.807) is 13.2 Å². The zero-order valence-electron chi connectivity index (χ0n) is 9.28. The van der Waals surface area contributed by atoms with Crippen molar-refractivity contribution in [3.63, 3.8) is 0 Å². The molecule has 0 radical (unpaired) electrons. The molecule has 0 aromatic heterocycles. The summed E-state index contributed by atoms with van der Waals surface area (Å²) in [5.74, 6) is 0. The minimum Gasteiger partial charge on any atom is -0.377 e. The number of carbonyl (C=O) groups excluding carboxylic acids is 1. The number of benzene rings is 1. The molecule has 0 aliphatic carbocycles. The van der Waals surface area contributed by atoms with E-state index in [1.165, 1.54) is 0 Å². The highest BCUT2D eigenvalue weighted by atomic mass is 16.5. The molecule has 2 nitrogen and oxygen atoms in total. The van der Waals surface area contributed by atoms with Crippen LogP contribution in [0.1, 0.15) is 42.8 Å². The van der Waals surface area contributed by atoms with Gasteiger partial charge in [-0.15, -0.1) is 0 Å². The van der Waals surface area contributed by atoms with E-state index in [-0.39, 0.29) is 6.10 Å². The Kier molecular flexibility index (Phi) is 6.68. The van der Waals surface area contributed by atoms with Crippen LogP contribution in [0.5, 0.6) is 0 Å². The Hall–Kier alpha value is -1.15. The predicted molar refractivity (Wildman–Crippen MR) is 58.6 cm³/mol. The fraction of sp³-hybridized carbons (Fsp3) is 0.417. The molecule has 0 amide bonds. The molecule has 1 aromatic rings. The zero-order valence-corrected chi connectivity index (χ0v) is 9.28. The van der Waals surface area contributed by atoms with Gasteiger partial charge in [0.15, 0.2) is 0 Å². The minimum atomic E-state index is -0.0219. The fourth-order valence-electron chi connectivity index (χ4n) is 1.12. The van der Waals surface area contributed by atoms with Crippen molar-refractivity contribution in [3.8, 4) is 0 Å². The number of aldehydes is 1. The van der Waals surface area contributed by atoms with Gasteiger partial charge in [0.1, 0.15) is 6.29 Å². The Balaban J connectivity index is 0.000000791. The molecule has 0 fully saturated rings. The standard InChI is InChI=1S/C10H12O2.C2H6/c1-8(12-2)10-6-4-3-5-9(10)7-11;1-2/h3-8H,1-2H3;1-2H3. The van der Waals surface area contributed by atoms with Crippen molar-refractivity contribution in [2.75, 3.05) is 7.11 Å². The number of hydrogen-bond donors (Lipinski definition) is 0. The number of hydrogen-bond acceptors (Lipinski definition) is 2. The molecular formula is C12H18O2. The highest BCUT2D eigenvalue weighted by Gasteiger charge is 2.07. The molecule has 0 saturated carbocycles. The number of methoxy groups -OCH3 is 1. The Morgan fingerprint density at radius 1 is 1.29 bits per heavy atom. The third-order valence-electron chi connectivity index (χ3n) is 1.91. The van der Waals surface area contributed by atoms with Crippen molar-refractivity contribution in [1.82, 2.24) is 0 Å². The molecular weight excluding hydrogens is 176 g/mol. The van der Waals surface area contributed by atoms with Crippen LogP contribution in [-0.2, 0) is 4.74 Å². The van der Waals surface area contributed by atoms with Crippen LogP contribution in [0.25, 0.3) is 0 Å². The quantitative estimate of drug-likeness (QED) is 0.690. The van der Waals surface area contributed by atoms with Gasteiger partial charge < -0.3 is 4.74 Å². The van der Waals surface area contributed by atoms with Crippen LogP contribution in [0.15, 0.2) is 24.3 Å². The first-order chi connectivity index (χ1) is 6.79. The van der Waals surface area contributed by atoms with E-state index < -0.39 is 0 Å². The highest BCUT2D eigenvalue weighted by molar-refractivity contribution is 5.77. The lowest BCUT2D eigenvalue weighted by molar-refractivity contribution is 0.108. The van der Waals surface area contributed by atoms with Gasteiger partial charge in [-0.25, -0.2) is 0 Å². The summed E-state index contributed by atoms with van der Waals surface area (Å²) in [5, 5.41) is 0. The molecule has 1 rings (SSSR count). The van der Waals surface area contributed by atoms with Crippen LogP contribution in [0.4, 0.5) is 0 Å². The second-order valence-electron chi connectivity index (χ2n) is 2.62. The van der Waals surface area contributed by atoms with E-state index in [2.05, 4.69) is 0 Å². The van der Waals surface area contributed by atoms with Crippen LogP contribution >= 0.6 is 0 Å². The maximum atomic E-state index is 10.6. The summed E-state index contributed by atoms with van der Waals surface area (Å²) in [5.41, 5.74) is 1.64. The van der Waals surface area contributed by atoms with Crippen LogP contribution in [0, 0.1) is 0 Å². The second-order valence-corrected chi connectivity index (χ2v) is 2.62. The largest absolute Gasteiger partial charge is 0.377 e. The number of rotatable bonds is 3. The topological polar surface area (TPSA) is 26.3 Å². The SMILES string of the molecule is CC.COC(C)c1ccccc1C=O.